The fourth-order valence-electron chi connectivity index (χ4n) is 1.88. The van der Waals surface area contributed by atoms with Crippen molar-refractivity contribution >= 4 is 12.4 Å². The van der Waals surface area contributed by atoms with E-state index in [1.54, 1.807) is 0 Å². The van der Waals surface area contributed by atoms with Crippen molar-refractivity contribution in [2.24, 2.45) is 17.6 Å². The molecule has 1 saturated carbocycles. The van der Waals surface area contributed by atoms with Crippen LogP contribution < -0.4 is 11.1 Å². The summed E-state index contributed by atoms with van der Waals surface area (Å²) in [6.45, 7) is 6.73. The Hall–Kier alpha value is 0.210. The molecule has 2 atom stereocenters. The van der Waals surface area contributed by atoms with Crippen LogP contribution in [0.3, 0.4) is 0 Å². The highest BCUT2D eigenvalue weighted by molar-refractivity contribution is 5.85. The predicted molar refractivity (Wildman–Crippen MR) is 60.3 cm³/mol. The third kappa shape index (κ3) is 4.84. The molecule has 0 aliphatic heterocycles. The summed E-state index contributed by atoms with van der Waals surface area (Å²) in [5.74, 6) is 1.49. The second-order valence-electron chi connectivity index (χ2n) is 4.41. The van der Waals surface area contributed by atoms with Gasteiger partial charge in [-0.25, -0.2) is 0 Å². The van der Waals surface area contributed by atoms with Crippen LogP contribution in [0.2, 0.25) is 0 Å². The van der Waals surface area contributed by atoms with Crippen LogP contribution in [0.5, 0.6) is 0 Å². The van der Waals surface area contributed by atoms with Crippen LogP contribution in [0.15, 0.2) is 0 Å². The van der Waals surface area contributed by atoms with E-state index in [0.717, 1.165) is 24.9 Å². The van der Waals surface area contributed by atoms with Gasteiger partial charge in [-0.3, -0.25) is 0 Å². The third-order valence-corrected chi connectivity index (χ3v) is 2.68. The van der Waals surface area contributed by atoms with E-state index in [1.165, 1.54) is 19.3 Å². The Morgan fingerprint density at radius 2 is 2.08 bits per heavy atom. The molecule has 3 heteroatoms. The first-order valence-corrected chi connectivity index (χ1v) is 5.16. The topological polar surface area (TPSA) is 38.0 Å². The SMILES string of the molecule is CC(C)CNCC1CCCC1N.Cl. The number of hydrogen-bond donors (Lipinski definition) is 2. The summed E-state index contributed by atoms with van der Waals surface area (Å²) in [7, 11) is 0. The molecule has 0 bridgehead atoms. The second-order valence-corrected chi connectivity index (χ2v) is 4.41. The molecule has 0 aromatic carbocycles. The Bertz CT molecular complexity index is 128. The Labute approximate surface area is 88.1 Å². The number of nitrogens with one attached hydrogen (secondary N) is 1. The van der Waals surface area contributed by atoms with Crippen molar-refractivity contribution in [3.05, 3.63) is 0 Å². The molecular formula is C10H23ClN2. The van der Waals surface area contributed by atoms with Gasteiger partial charge in [0.2, 0.25) is 0 Å². The van der Waals surface area contributed by atoms with E-state index >= 15 is 0 Å². The minimum atomic E-state index is 0. The molecule has 0 heterocycles. The van der Waals surface area contributed by atoms with E-state index in [1.807, 2.05) is 0 Å². The Morgan fingerprint density at radius 3 is 2.54 bits per heavy atom. The van der Waals surface area contributed by atoms with E-state index in [2.05, 4.69) is 19.2 Å². The predicted octanol–water partition coefficient (Wildman–Crippen LogP) is 1.78. The summed E-state index contributed by atoms with van der Waals surface area (Å²) >= 11 is 0. The summed E-state index contributed by atoms with van der Waals surface area (Å²) in [4.78, 5) is 0. The van der Waals surface area contributed by atoms with Gasteiger partial charge >= 0.3 is 0 Å². The molecular weight excluding hydrogens is 184 g/mol. The molecule has 0 saturated heterocycles. The molecule has 0 spiro atoms. The van der Waals surface area contributed by atoms with Gasteiger partial charge in [-0.1, -0.05) is 20.3 Å². The van der Waals surface area contributed by atoms with Gasteiger partial charge in [0.15, 0.2) is 0 Å². The molecule has 0 aromatic rings. The first kappa shape index (κ1) is 13.2. The van der Waals surface area contributed by atoms with Crippen LogP contribution >= 0.6 is 12.4 Å². The lowest BCUT2D eigenvalue weighted by molar-refractivity contribution is 0.424. The number of nitrogens with two attached hydrogens (primary N) is 1. The van der Waals surface area contributed by atoms with Crippen LogP contribution in [0.4, 0.5) is 0 Å². The van der Waals surface area contributed by atoms with Crippen molar-refractivity contribution in [2.75, 3.05) is 13.1 Å². The van der Waals surface area contributed by atoms with Gasteiger partial charge < -0.3 is 11.1 Å². The summed E-state index contributed by atoms with van der Waals surface area (Å²) < 4.78 is 0. The Balaban J connectivity index is 0.00000144. The maximum atomic E-state index is 5.96. The zero-order valence-electron chi connectivity index (χ0n) is 8.75. The van der Waals surface area contributed by atoms with E-state index in [0.29, 0.717) is 6.04 Å². The van der Waals surface area contributed by atoms with Crippen LogP contribution in [-0.4, -0.2) is 19.1 Å². The molecule has 13 heavy (non-hydrogen) atoms. The summed E-state index contributed by atoms with van der Waals surface area (Å²) in [6.07, 6.45) is 3.88. The average molecular weight is 207 g/mol. The fraction of sp³-hybridized carbons (Fsp3) is 1.00. The lowest BCUT2D eigenvalue weighted by atomic mass is 10.0. The van der Waals surface area contributed by atoms with Gasteiger partial charge in [-0.2, -0.15) is 0 Å². The molecule has 2 nitrogen and oxygen atoms in total. The molecule has 1 aliphatic rings. The molecule has 1 aliphatic carbocycles. The van der Waals surface area contributed by atoms with Crippen LogP contribution in [0.1, 0.15) is 33.1 Å². The highest BCUT2D eigenvalue weighted by Gasteiger charge is 2.22. The van der Waals surface area contributed by atoms with E-state index in [4.69, 9.17) is 5.73 Å². The van der Waals surface area contributed by atoms with E-state index in [9.17, 15) is 0 Å². The molecule has 1 rings (SSSR count). The third-order valence-electron chi connectivity index (χ3n) is 2.68. The van der Waals surface area contributed by atoms with Crippen molar-refractivity contribution in [3.8, 4) is 0 Å². The van der Waals surface area contributed by atoms with Gasteiger partial charge in [-0.05, 0) is 37.8 Å². The quantitative estimate of drug-likeness (QED) is 0.736. The van der Waals surface area contributed by atoms with Gasteiger partial charge in [0.05, 0.1) is 0 Å². The molecule has 80 valence electrons. The van der Waals surface area contributed by atoms with E-state index in [-0.39, 0.29) is 12.4 Å². The first-order chi connectivity index (χ1) is 5.70. The van der Waals surface area contributed by atoms with Crippen molar-refractivity contribution in [3.63, 3.8) is 0 Å². The number of rotatable bonds is 4. The molecule has 2 unspecified atom stereocenters. The van der Waals surface area contributed by atoms with Crippen LogP contribution in [0.25, 0.3) is 0 Å². The zero-order chi connectivity index (χ0) is 8.97. The van der Waals surface area contributed by atoms with E-state index < -0.39 is 0 Å². The van der Waals surface area contributed by atoms with Crippen molar-refractivity contribution in [1.29, 1.82) is 0 Å². The monoisotopic (exact) mass is 206 g/mol. The standard InChI is InChI=1S/C10H22N2.ClH/c1-8(2)6-12-7-9-4-3-5-10(9)11;/h8-10,12H,3-7,11H2,1-2H3;1H. The van der Waals surface area contributed by atoms with Crippen molar-refractivity contribution in [1.82, 2.24) is 5.32 Å². The Morgan fingerprint density at radius 1 is 1.38 bits per heavy atom. The average Bonchev–Trinajstić information content (AvgIpc) is 2.36. The molecule has 0 amide bonds. The highest BCUT2D eigenvalue weighted by Crippen LogP contribution is 2.22. The van der Waals surface area contributed by atoms with Gasteiger partial charge in [0.1, 0.15) is 0 Å². The summed E-state index contributed by atoms with van der Waals surface area (Å²) in [5, 5.41) is 3.48. The molecule has 3 N–H and O–H groups in total. The van der Waals surface area contributed by atoms with Gasteiger partial charge in [0.25, 0.3) is 0 Å². The lowest BCUT2D eigenvalue weighted by Gasteiger charge is -2.16. The fourth-order valence-corrected chi connectivity index (χ4v) is 1.88. The number of halogens is 1. The molecule has 1 fully saturated rings. The second kappa shape index (κ2) is 6.63. The van der Waals surface area contributed by atoms with Crippen LogP contribution in [0, 0.1) is 11.8 Å². The Kier molecular flexibility index (Phi) is 6.74. The van der Waals surface area contributed by atoms with Crippen molar-refractivity contribution < 1.29 is 0 Å². The largest absolute Gasteiger partial charge is 0.327 e. The zero-order valence-corrected chi connectivity index (χ0v) is 9.57. The normalized spacial score (nSPS) is 27.7. The molecule has 0 radical (unpaired) electrons. The van der Waals surface area contributed by atoms with Gasteiger partial charge in [-0.15, -0.1) is 12.4 Å². The summed E-state index contributed by atoms with van der Waals surface area (Å²) in [5.41, 5.74) is 5.96. The highest BCUT2D eigenvalue weighted by atomic mass is 35.5. The summed E-state index contributed by atoms with van der Waals surface area (Å²) in [6, 6.07) is 0.463. The maximum Gasteiger partial charge on any atom is 0.00792 e. The first-order valence-electron chi connectivity index (χ1n) is 5.16. The smallest absolute Gasteiger partial charge is 0.00792 e. The molecule has 0 aromatic heterocycles. The van der Waals surface area contributed by atoms with Crippen LogP contribution in [-0.2, 0) is 0 Å². The van der Waals surface area contributed by atoms with Gasteiger partial charge in [0, 0.05) is 6.04 Å². The van der Waals surface area contributed by atoms with Crippen molar-refractivity contribution in [2.45, 2.75) is 39.2 Å². The minimum Gasteiger partial charge on any atom is -0.327 e. The maximum absolute atomic E-state index is 5.96. The lowest BCUT2D eigenvalue weighted by Crippen LogP contribution is -2.34. The number of hydrogen-bond acceptors (Lipinski definition) is 2. The minimum absolute atomic E-state index is 0.